The number of sulfonamides is 1. The molecule has 0 bridgehead atoms. The van der Waals surface area contributed by atoms with Crippen molar-refractivity contribution in [1.29, 1.82) is 0 Å². The fourth-order valence-electron chi connectivity index (χ4n) is 4.48. The van der Waals surface area contributed by atoms with Gasteiger partial charge in [-0.1, -0.05) is 24.3 Å². The van der Waals surface area contributed by atoms with Gasteiger partial charge in [-0.2, -0.15) is 0 Å². The molecule has 2 aromatic carbocycles. The van der Waals surface area contributed by atoms with E-state index in [0.717, 1.165) is 35.3 Å². The molecule has 1 fully saturated rings. The Morgan fingerprint density at radius 2 is 1.82 bits per heavy atom. The van der Waals surface area contributed by atoms with Gasteiger partial charge in [0.1, 0.15) is 23.4 Å². The zero-order valence-corrected chi connectivity index (χ0v) is 19.4. The summed E-state index contributed by atoms with van der Waals surface area (Å²) >= 11 is 0. The molecule has 5 rings (SSSR count). The highest BCUT2D eigenvalue weighted by Gasteiger charge is 2.31. The number of methoxy groups -OCH3 is 1. The third kappa shape index (κ3) is 4.70. The zero-order chi connectivity index (χ0) is 23.7. The summed E-state index contributed by atoms with van der Waals surface area (Å²) in [5.74, 6) is 1.71. The lowest BCUT2D eigenvalue weighted by molar-refractivity contribution is -0.119. The van der Waals surface area contributed by atoms with E-state index in [1.807, 2.05) is 53.3 Å². The molecule has 1 aromatic heterocycles. The minimum Gasteiger partial charge on any atom is -0.486 e. The van der Waals surface area contributed by atoms with Gasteiger partial charge in [0.05, 0.1) is 19.1 Å². The first-order valence-electron chi connectivity index (χ1n) is 11.0. The van der Waals surface area contributed by atoms with Crippen LogP contribution in [0.5, 0.6) is 23.1 Å². The lowest BCUT2D eigenvalue weighted by Crippen LogP contribution is -2.40. The maximum atomic E-state index is 11.9. The van der Waals surface area contributed by atoms with Gasteiger partial charge >= 0.3 is 0 Å². The summed E-state index contributed by atoms with van der Waals surface area (Å²) in [6.07, 6.45) is 3.32. The predicted octanol–water partition coefficient (Wildman–Crippen LogP) is 3.88. The van der Waals surface area contributed by atoms with E-state index >= 15 is 0 Å². The smallest absolute Gasteiger partial charge is 0.235 e. The summed E-state index contributed by atoms with van der Waals surface area (Å²) in [5, 5.41) is 0. The van der Waals surface area contributed by atoms with Crippen molar-refractivity contribution < 1.29 is 27.4 Å². The summed E-state index contributed by atoms with van der Waals surface area (Å²) in [7, 11) is -2.01. The van der Waals surface area contributed by atoms with Crippen molar-refractivity contribution >= 4 is 15.9 Å². The van der Waals surface area contributed by atoms with E-state index in [4.69, 9.17) is 14.2 Å². The average Bonchev–Trinajstić information content (AvgIpc) is 3.22. The number of nitrogens with zero attached hydrogens (tertiary/aromatic N) is 1. The molecule has 2 heterocycles. The second-order valence-electron chi connectivity index (χ2n) is 8.38. The van der Waals surface area contributed by atoms with Gasteiger partial charge in [-0.3, -0.25) is 9.52 Å². The van der Waals surface area contributed by atoms with Crippen LogP contribution in [-0.2, 0) is 21.2 Å². The van der Waals surface area contributed by atoms with Crippen molar-refractivity contribution in [1.82, 2.24) is 9.71 Å². The number of carbonyl (C=O) groups excluding carboxylic acids is 1. The molecule has 0 radical (unpaired) electrons. The topological polar surface area (TPSA) is 104 Å². The predicted molar refractivity (Wildman–Crippen MR) is 125 cm³/mol. The van der Waals surface area contributed by atoms with Crippen LogP contribution < -0.4 is 18.9 Å². The Morgan fingerprint density at radius 1 is 1.03 bits per heavy atom. The first-order chi connectivity index (χ1) is 16.4. The molecule has 1 aliphatic carbocycles. The Kier molecular flexibility index (Phi) is 5.87. The quantitative estimate of drug-likeness (QED) is 0.571. The van der Waals surface area contributed by atoms with E-state index in [1.165, 1.54) is 0 Å². The van der Waals surface area contributed by atoms with Crippen LogP contribution in [0.3, 0.4) is 0 Å². The number of nitrogens with one attached hydrogen (secondary N) is 1. The van der Waals surface area contributed by atoms with Gasteiger partial charge in [-0.15, -0.1) is 0 Å². The van der Waals surface area contributed by atoms with Crippen LogP contribution in [0.2, 0.25) is 0 Å². The number of ether oxygens (including phenoxy) is 3. The largest absolute Gasteiger partial charge is 0.486 e. The average molecular weight is 481 g/mol. The van der Waals surface area contributed by atoms with Crippen LogP contribution in [0.4, 0.5) is 0 Å². The SMILES string of the molecule is COc1ccc(Oc2cccc3c2CC[C@H]3Oc2ccc(C3CC(=O)NS(=O)(=O)C3)cc2)cn1. The third-order valence-corrected chi connectivity index (χ3v) is 7.45. The highest BCUT2D eigenvalue weighted by Crippen LogP contribution is 2.41. The van der Waals surface area contributed by atoms with Gasteiger partial charge in [0.25, 0.3) is 0 Å². The first-order valence-corrected chi connectivity index (χ1v) is 12.6. The monoisotopic (exact) mass is 480 g/mol. The highest BCUT2D eigenvalue weighted by molar-refractivity contribution is 7.90. The zero-order valence-electron chi connectivity index (χ0n) is 18.6. The maximum Gasteiger partial charge on any atom is 0.235 e. The minimum absolute atomic E-state index is 0.0958. The molecule has 34 heavy (non-hydrogen) atoms. The molecule has 1 unspecified atom stereocenters. The van der Waals surface area contributed by atoms with E-state index < -0.39 is 15.9 Å². The van der Waals surface area contributed by atoms with Crippen LogP contribution in [0, 0.1) is 0 Å². The Labute approximate surface area is 197 Å². The number of hydrogen-bond donors (Lipinski definition) is 1. The lowest BCUT2D eigenvalue weighted by Gasteiger charge is -2.23. The van der Waals surface area contributed by atoms with Crippen molar-refractivity contribution in [3.8, 4) is 23.1 Å². The lowest BCUT2D eigenvalue weighted by atomic mass is 9.97. The maximum absolute atomic E-state index is 11.9. The molecular weight excluding hydrogens is 456 g/mol. The Bertz CT molecular complexity index is 1310. The Hall–Kier alpha value is -3.59. The van der Waals surface area contributed by atoms with Gasteiger partial charge in [-0.05, 0) is 48.2 Å². The second-order valence-corrected chi connectivity index (χ2v) is 10.2. The van der Waals surface area contributed by atoms with Crippen molar-refractivity contribution in [2.75, 3.05) is 12.9 Å². The van der Waals surface area contributed by atoms with Crippen molar-refractivity contribution in [3.63, 3.8) is 0 Å². The molecule has 176 valence electrons. The van der Waals surface area contributed by atoms with Crippen LogP contribution in [0.1, 0.15) is 41.6 Å². The van der Waals surface area contributed by atoms with Crippen molar-refractivity contribution in [2.24, 2.45) is 0 Å². The van der Waals surface area contributed by atoms with Gasteiger partial charge in [0, 0.05) is 24.0 Å². The van der Waals surface area contributed by atoms with Crippen LogP contribution in [-0.4, -0.2) is 32.2 Å². The van der Waals surface area contributed by atoms with E-state index in [9.17, 15) is 13.2 Å². The van der Waals surface area contributed by atoms with Gasteiger partial charge < -0.3 is 14.2 Å². The Morgan fingerprint density at radius 3 is 2.53 bits per heavy atom. The second kappa shape index (κ2) is 8.98. The van der Waals surface area contributed by atoms with Crippen molar-refractivity contribution in [3.05, 3.63) is 77.5 Å². The molecule has 2 atom stereocenters. The number of aromatic nitrogens is 1. The number of amides is 1. The number of carbonyl (C=O) groups is 1. The molecule has 2 aliphatic rings. The first kappa shape index (κ1) is 22.2. The molecule has 1 saturated heterocycles. The minimum atomic E-state index is -3.57. The normalized spacial score (nSPS) is 20.8. The van der Waals surface area contributed by atoms with E-state index in [1.54, 1.807) is 19.4 Å². The number of benzene rings is 2. The Balaban J connectivity index is 1.29. The molecule has 1 N–H and O–H groups in total. The standard InChI is InChI=1S/C25H24N2O6S/c1-31-25-12-9-19(14-26-25)33-22-4-2-3-20-21(22)10-11-23(20)32-18-7-5-16(6-8-18)17-13-24(28)27-34(29,30)15-17/h2-9,12,14,17,23H,10-11,13,15H2,1H3,(H,27,28)/t17?,23-/m1/s1. The fourth-order valence-corrected chi connectivity index (χ4v) is 5.83. The van der Waals surface area contributed by atoms with Gasteiger partial charge in [-0.25, -0.2) is 13.4 Å². The van der Waals surface area contributed by atoms with Crippen LogP contribution in [0.25, 0.3) is 0 Å². The summed E-state index contributed by atoms with van der Waals surface area (Å²) in [6, 6.07) is 16.8. The van der Waals surface area contributed by atoms with E-state index in [-0.39, 0.29) is 24.2 Å². The third-order valence-electron chi connectivity index (χ3n) is 6.07. The summed E-state index contributed by atoms with van der Waals surface area (Å²) < 4.78 is 43.2. The molecule has 0 spiro atoms. The van der Waals surface area contributed by atoms with E-state index in [0.29, 0.717) is 17.4 Å². The summed E-state index contributed by atoms with van der Waals surface area (Å²) in [6.45, 7) is 0. The molecule has 9 heteroatoms. The van der Waals surface area contributed by atoms with Crippen molar-refractivity contribution in [2.45, 2.75) is 31.3 Å². The fraction of sp³-hybridized carbons (Fsp3) is 0.280. The van der Waals surface area contributed by atoms with E-state index in [2.05, 4.69) is 4.98 Å². The molecule has 1 aliphatic heterocycles. The molecule has 1 amide bonds. The molecule has 3 aromatic rings. The molecular formula is C25H24N2O6S. The number of hydrogen-bond acceptors (Lipinski definition) is 7. The highest BCUT2D eigenvalue weighted by atomic mass is 32.2. The van der Waals surface area contributed by atoms with Gasteiger partial charge in [0.2, 0.25) is 21.8 Å². The summed E-state index contributed by atoms with van der Waals surface area (Å²) in [4.78, 5) is 15.9. The number of rotatable bonds is 6. The van der Waals surface area contributed by atoms with Gasteiger partial charge in [0.15, 0.2) is 0 Å². The molecule has 8 nitrogen and oxygen atoms in total. The van der Waals surface area contributed by atoms with Crippen LogP contribution in [0.15, 0.2) is 60.8 Å². The number of fused-ring (bicyclic) bond motifs is 1. The van der Waals surface area contributed by atoms with Crippen LogP contribution >= 0.6 is 0 Å². The molecule has 0 saturated carbocycles. The summed E-state index contributed by atoms with van der Waals surface area (Å²) in [5.41, 5.74) is 3.00. The number of pyridine rings is 1.